The monoisotopic (exact) mass is 1220 g/mol. The van der Waals surface area contributed by atoms with Crippen LogP contribution in [0.4, 0.5) is 0 Å². The number of rotatable bonds is 12. The number of unbranched alkanes of at least 4 members (excludes halogenated alkanes) is 3. The first-order chi connectivity index (χ1) is 29.6. The normalized spacial score (nSPS) is 6.44. The van der Waals surface area contributed by atoms with Gasteiger partial charge < -0.3 is 67.4 Å². The summed E-state index contributed by atoms with van der Waals surface area (Å²) in [6, 6.07) is 0. The SMILES string of the molecule is C.C.CCC.CCC.CCC.CCC.CCC.CCC.CCCC.CCCC.CCCC.CCCOC.CCN.CCOC.CCOC.CNCN.CNC[NH-].COCOOC.C[NH-].[CH3-].[CH3-].[V+2].[W+2]. The molecule has 0 bridgehead atoms. The fraction of sp³-hybridized carbons (Fsp3) is 0.963. The van der Waals surface area contributed by atoms with Crippen LogP contribution in [0, 0.1) is 14.9 Å². The van der Waals surface area contributed by atoms with E-state index in [2.05, 4.69) is 166 Å². The Balaban J connectivity index is -0.0000000151. The molecule has 0 fully saturated rings. The Kier molecular flexibility index (Phi) is 809. The molecule has 0 spiro atoms. The first-order valence-corrected chi connectivity index (χ1v) is 24.6. The maximum absolute atomic E-state index is 6.34. The van der Waals surface area contributed by atoms with Crippen LogP contribution in [0.15, 0.2) is 0 Å². The maximum Gasteiger partial charge on any atom is 2.00 e. The molecule has 14 heteroatoms. The van der Waals surface area contributed by atoms with Crippen molar-refractivity contribution in [1.29, 1.82) is 0 Å². The van der Waals surface area contributed by atoms with Gasteiger partial charge in [-0.15, -0.1) is 6.67 Å². The van der Waals surface area contributed by atoms with Crippen molar-refractivity contribution >= 4 is 0 Å². The summed E-state index contributed by atoms with van der Waals surface area (Å²) in [6.45, 7) is 50.8. The zero-order valence-electron chi connectivity index (χ0n) is 52.6. The molecule has 445 valence electrons. The van der Waals surface area contributed by atoms with E-state index in [1.165, 1.54) is 98.3 Å². The third-order valence-electron chi connectivity index (χ3n) is 3.15. The molecule has 0 saturated heterocycles. The van der Waals surface area contributed by atoms with Gasteiger partial charge in [0.1, 0.15) is 0 Å². The predicted molar refractivity (Wildman–Crippen MR) is 322 cm³/mol. The van der Waals surface area contributed by atoms with Crippen LogP contribution >= 0.6 is 0 Å². The van der Waals surface area contributed by atoms with Gasteiger partial charge in [0.15, 0.2) is 6.79 Å². The third-order valence-corrected chi connectivity index (χ3v) is 3.15. The first kappa shape index (κ1) is 151. The molecule has 0 heterocycles. The topological polar surface area (TPSA) is 179 Å². The molecule has 0 amide bonds. The fourth-order valence-corrected chi connectivity index (χ4v) is 0.300. The smallest absolute Gasteiger partial charge is 0.680 e. The Morgan fingerprint density at radius 2 is 0.574 bits per heavy atom. The van der Waals surface area contributed by atoms with Gasteiger partial charge >= 0.3 is 39.6 Å². The molecule has 0 rings (SSSR count). The molecular weight excluding hydrogens is 1060 g/mol. The van der Waals surface area contributed by atoms with Crippen molar-refractivity contribution in [2.24, 2.45) is 11.5 Å². The Bertz CT molecular complexity index is 262. The molecule has 0 aromatic heterocycles. The summed E-state index contributed by atoms with van der Waals surface area (Å²) in [5.41, 5.74) is 21.9. The molecule has 0 unspecified atom stereocenters. The second kappa shape index (κ2) is 365. The van der Waals surface area contributed by atoms with Crippen molar-refractivity contribution in [3.63, 3.8) is 0 Å². The minimum Gasteiger partial charge on any atom is -0.680 e. The van der Waals surface area contributed by atoms with Crippen LogP contribution in [-0.2, 0) is 68.3 Å². The number of methoxy groups -OCH3 is 4. The average Bonchev–Trinajstić information content (AvgIpc) is 3.29. The molecular formula is C54H152N6O6VW. The molecule has 0 atom stereocenters. The van der Waals surface area contributed by atoms with Crippen LogP contribution in [0.2, 0.25) is 0 Å². The van der Waals surface area contributed by atoms with E-state index in [9.17, 15) is 0 Å². The van der Waals surface area contributed by atoms with Gasteiger partial charge in [0, 0.05) is 54.9 Å². The zero-order valence-corrected chi connectivity index (χ0v) is 56.9. The molecule has 0 aliphatic rings. The van der Waals surface area contributed by atoms with Crippen LogP contribution in [0.1, 0.15) is 251 Å². The van der Waals surface area contributed by atoms with Gasteiger partial charge in [0.05, 0.1) is 7.11 Å². The van der Waals surface area contributed by atoms with Crippen molar-refractivity contribution in [2.75, 3.05) is 103 Å². The summed E-state index contributed by atoms with van der Waals surface area (Å²) >= 11 is 0. The quantitative estimate of drug-likeness (QED) is 0.0483. The Hall–Kier alpha value is 0.793. The van der Waals surface area contributed by atoms with Gasteiger partial charge in [0.2, 0.25) is 0 Å². The first-order valence-electron chi connectivity index (χ1n) is 24.6. The van der Waals surface area contributed by atoms with E-state index in [0.29, 0.717) is 13.3 Å². The molecule has 1 radical (unpaired) electrons. The zero-order chi connectivity index (χ0) is 53.8. The summed E-state index contributed by atoms with van der Waals surface area (Å²) in [7, 11) is 12.8. The maximum atomic E-state index is 6.34. The van der Waals surface area contributed by atoms with Crippen LogP contribution in [-0.4, -0.2) is 103 Å². The fourth-order valence-electron chi connectivity index (χ4n) is 0.300. The van der Waals surface area contributed by atoms with E-state index in [1.54, 1.807) is 35.4 Å². The molecule has 0 aromatic carbocycles. The van der Waals surface area contributed by atoms with E-state index in [0.717, 1.165) is 32.8 Å². The van der Waals surface area contributed by atoms with Crippen molar-refractivity contribution in [2.45, 2.75) is 251 Å². The van der Waals surface area contributed by atoms with E-state index < -0.39 is 0 Å². The molecule has 12 nitrogen and oxygen atoms in total. The number of ether oxygens (including phenoxy) is 4. The average molecular weight is 1220 g/mol. The Morgan fingerprint density at radius 3 is 0.588 bits per heavy atom. The van der Waals surface area contributed by atoms with Crippen LogP contribution in [0.5, 0.6) is 0 Å². The van der Waals surface area contributed by atoms with Crippen molar-refractivity contribution in [1.82, 2.24) is 10.6 Å². The molecule has 0 saturated carbocycles. The van der Waals surface area contributed by atoms with E-state index in [1.807, 2.05) is 20.8 Å². The van der Waals surface area contributed by atoms with Gasteiger partial charge in [-0.3, -0.25) is 0 Å². The van der Waals surface area contributed by atoms with Crippen molar-refractivity contribution < 1.29 is 68.3 Å². The van der Waals surface area contributed by atoms with Gasteiger partial charge in [-0.05, 0) is 40.9 Å². The molecule has 0 aliphatic heterocycles. The largest absolute Gasteiger partial charge is 2.00 e. The summed E-state index contributed by atoms with van der Waals surface area (Å²) in [5.74, 6) is 0. The van der Waals surface area contributed by atoms with Crippen molar-refractivity contribution in [3.8, 4) is 0 Å². The Morgan fingerprint density at radius 1 is 0.412 bits per heavy atom. The number of hydrogen-bond donors (Lipinski definition) is 4. The van der Waals surface area contributed by atoms with Crippen LogP contribution in [0.3, 0.4) is 0 Å². The summed E-state index contributed by atoms with van der Waals surface area (Å²) in [5, 5.41) is 5.31. The number of hydrogen-bond acceptors (Lipinski definition) is 10. The minimum atomic E-state index is 0. The summed E-state index contributed by atoms with van der Waals surface area (Å²) in [4.78, 5) is 8.42. The summed E-state index contributed by atoms with van der Waals surface area (Å²) < 4.78 is 18.2. The van der Waals surface area contributed by atoms with Gasteiger partial charge in [-0.1, -0.05) is 230 Å². The molecule has 8 N–H and O–H groups in total. The van der Waals surface area contributed by atoms with E-state index in [-0.39, 0.29) is 76.1 Å². The van der Waals surface area contributed by atoms with Crippen molar-refractivity contribution in [3.05, 3.63) is 26.3 Å². The standard InChI is InChI=1S/C4H10O.3C4H10.C3H8O3.2C3H8O.6C3H8.C2H8N2.C2H7N2.C2H7N.CH4N.2CH4.2CH3.V.W/c1-3-4-5-2;3*1-3-4-2;1-4-3-6-5-2;2*1-3-4-2;6*1-3-2;2*1-4-2-3;1-2-3;1-2;;;;;;/h3-4H2,1-2H3;3*3-4H2,1-2H3;3H2,1-2H3;2*3H2,1-2H3;6*3H2,1-2H3;4H,2-3H2,1H3;3-4H,2H2,1H3;2-3H2,1H3;2H,1H3;2*1H4;2*1H3;;/q;;;;;;;;;;;;;;-1;;-1;;;2*-1;2*+2. The Labute approximate surface area is 468 Å². The predicted octanol–water partition coefficient (Wildman–Crippen LogP) is 18.6. The number of nitrogens with two attached hydrogens (primary N) is 2. The van der Waals surface area contributed by atoms with Crippen LogP contribution < -0.4 is 22.1 Å². The molecule has 68 heavy (non-hydrogen) atoms. The van der Waals surface area contributed by atoms with E-state index in [4.69, 9.17) is 27.7 Å². The number of nitrogens with one attached hydrogen (secondary N) is 4. The minimum absolute atomic E-state index is 0. The second-order valence-electron chi connectivity index (χ2n) is 11.6. The molecule has 0 aliphatic carbocycles. The van der Waals surface area contributed by atoms with Gasteiger partial charge in [0.25, 0.3) is 0 Å². The third kappa shape index (κ3) is 1770. The van der Waals surface area contributed by atoms with E-state index >= 15 is 0 Å². The van der Waals surface area contributed by atoms with Gasteiger partial charge in [-0.25, -0.2) is 9.78 Å². The summed E-state index contributed by atoms with van der Waals surface area (Å²) in [6.07, 6.45) is 16.5. The van der Waals surface area contributed by atoms with Gasteiger partial charge in [-0.2, -0.15) is 7.05 Å². The van der Waals surface area contributed by atoms with Crippen LogP contribution in [0.25, 0.3) is 11.5 Å². The molecule has 0 aromatic rings. The second-order valence-corrected chi connectivity index (χ2v) is 11.6.